The van der Waals surface area contributed by atoms with Crippen LogP contribution >= 0.6 is 0 Å². The van der Waals surface area contributed by atoms with Gasteiger partial charge in [-0.3, -0.25) is 4.68 Å². The van der Waals surface area contributed by atoms with Gasteiger partial charge in [-0.05, 0) is 23.8 Å². The molecule has 1 N–H and O–H groups in total. The Kier molecular flexibility index (Phi) is 2.61. The first-order chi connectivity index (χ1) is 7.41. The molecule has 2 rings (SSSR count). The normalized spacial score (nSPS) is 27.4. The number of aliphatic hydroxyl groups is 1. The standard InChI is InChI=1S/C13H22N2O/c1-10(2)7-15-6-5-11(14-15)13(9-16)8-12(13,3)4/h5-6,10,16H,7-9H2,1-4H3. The van der Waals surface area contributed by atoms with Crippen LogP contribution in [-0.4, -0.2) is 21.5 Å². The number of nitrogens with zero attached hydrogens (tertiary/aromatic N) is 2. The first-order valence-corrected chi connectivity index (χ1v) is 6.06. The summed E-state index contributed by atoms with van der Waals surface area (Å²) >= 11 is 0. The fourth-order valence-electron chi connectivity index (χ4n) is 2.59. The molecule has 0 amide bonds. The molecule has 1 fully saturated rings. The Bertz CT molecular complexity index is 381. The van der Waals surface area contributed by atoms with Gasteiger partial charge in [0.2, 0.25) is 0 Å². The van der Waals surface area contributed by atoms with Gasteiger partial charge in [-0.15, -0.1) is 0 Å². The third-order valence-electron chi connectivity index (χ3n) is 3.87. The molecule has 3 nitrogen and oxygen atoms in total. The maximum absolute atomic E-state index is 9.59. The lowest BCUT2D eigenvalue weighted by molar-refractivity contribution is 0.227. The minimum atomic E-state index is -0.0881. The number of hydrogen-bond acceptors (Lipinski definition) is 2. The van der Waals surface area contributed by atoms with Crippen LogP contribution in [-0.2, 0) is 12.0 Å². The number of hydrogen-bond donors (Lipinski definition) is 1. The van der Waals surface area contributed by atoms with E-state index in [1.54, 1.807) is 0 Å². The van der Waals surface area contributed by atoms with Crippen molar-refractivity contribution in [1.29, 1.82) is 0 Å². The van der Waals surface area contributed by atoms with Crippen molar-refractivity contribution in [2.45, 2.75) is 46.1 Å². The third kappa shape index (κ3) is 1.67. The highest BCUT2D eigenvalue weighted by atomic mass is 16.3. The van der Waals surface area contributed by atoms with Gasteiger partial charge in [0, 0.05) is 18.2 Å². The van der Waals surface area contributed by atoms with Crippen molar-refractivity contribution in [2.75, 3.05) is 6.61 Å². The highest BCUT2D eigenvalue weighted by molar-refractivity contribution is 5.31. The van der Waals surface area contributed by atoms with E-state index in [2.05, 4.69) is 38.9 Å². The summed E-state index contributed by atoms with van der Waals surface area (Å²) in [7, 11) is 0. The van der Waals surface area contributed by atoms with Gasteiger partial charge in [0.05, 0.1) is 12.3 Å². The van der Waals surface area contributed by atoms with E-state index >= 15 is 0 Å². The predicted molar refractivity (Wildman–Crippen MR) is 64.2 cm³/mol. The van der Waals surface area contributed by atoms with Crippen LogP contribution in [0.25, 0.3) is 0 Å². The molecule has 1 aliphatic rings. The predicted octanol–water partition coefficient (Wildman–Crippen LogP) is 2.20. The van der Waals surface area contributed by atoms with E-state index in [1.165, 1.54) is 0 Å². The second kappa shape index (κ2) is 3.59. The van der Waals surface area contributed by atoms with Gasteiger partial charge in [-0.2, -0.15) is 5.10 Å². The minimum absolute atomic E-state index is 0.0881. The van der Waals surface area contributed by atoms with Crippen LogP contribution < -0.4 is 0 Å². The van der Waals surface area contributed by atoms with Crippen LogP contribution in [0.1, 0.15) is 39.8 Å². The Morgan fingerprint density at radius 3 is 2.56 bits per heavy atom. The zero-order chi connectivity index (χ0) is 12.0. The fraction of sp³-hybridized carbons (Fsp3) is 0.769. The molecule has 0 spiro atoms. The van der Waals surface area contributed by atoms with E-state index in [0.717, 1.165) is 18.7 Å². The van der Waals surface area contributed by atoms with Crippen molar-refractivity contribution >= 4 is 0 Å². The Morgan fingerprint density at radius 1 is 1.50 bits per heavy atom. The van der Waals surface area contributed by atoms with E-state index in [-0.39, 0.29) is 17.4 Å². The van der Waals surface area contributed by atoms with Crippen LogP contribution in [0.4, 0.5) is 0 Å². The molecule has 1 atom stereocenters. The maximum atomic E-state index is 9.59. The lowest BCUT2D eigenvalue weighted by Crippen LogP contribution is -2.20. The lowest BCUT2D eigenvalue weighted by atomic mass is 9.93. The van der Waals surface area contributed by atoms with Crippen LogP contribution in [0.15, 0.2) is 12.3 Å². The van der Waals surface area contributed by atoms with E-state index in [0.29, 0.717) is 5.92 Å². The molecule has 3 heteroatoms. The zero-order valence-corrected chi connectivity index (χ0v) is 10.7. The summed E-state index contributed by atoms with van der Waals surface area (Å²) in [4.78, 5) is 0. The molecule has 1 saturated carbocycles. The molecule has 1 aromatic heterocycles. The average Bonchev–Trinajstić information content (AvgIpc) is 2.57. The second-order valence-corrected chi connectivity index (χ2v) is 6.12. The number of aliphatic hydroxyl groups excluding tert-OH is 1. The molecule has 0 radical (unpaired) electrons. The summed E-state index contributed by atoms with van der Waals surface area (Å²) < 4.78 is 1.99. The van der Waals surface area contributed by atoms with Crippen molar-refractivity contribution in [3.05, 3.63) is 18.0 Å². The Hall–Kier alpha value is -0.830. The third-order valence-corrected chi connectivity index (χ3v) is 3.87. The van der Waals surface area contributed by atoms with Crippen molar-refractivity contribution in [3.63, 3.8) is 0 Å². The van der Waals surface area contributed by atoms with Crippen LogP contribution in [0.2, 0.25) is 0 Å². The van der Waals surface area contributed by atoms with E-state index in [1.807, 2.05) is 10.9 Å². The van der Waals surface area contributed by atoms with E-state index < -0.39 is 0 Å². The first kappa shape index (κ1) is 11.6. The molecule has 16 heavy (non-hydrogen) atoms. The molecule has 90 valence electrons. The van der Waals surface area contributed by atoms with Crippen molar-refractivity contribution in [1.82, 2.24) is 9.78 Å². The summed E-state index contributed by atoms with van der Waals surface area (Å²) in [6, 6.07) is 2.06. The van der Waals surface area contributed by atoms with Crippen molar-refractivity contribution < 1.29 is 5.11 Å². The second-order valence-electron chi connectivity index (χ2n) is 6.12. The summed E-state index contributed by atoms with van der Waals surface area (Å²) in [5.41, 5.74) is 1.16. The highest BCUT2D eigenvalue weighted by Crippen LogP contribution is 2.63. The summed E-state index contributed by atoms with van der Waals surface area (Å²) in [5.74, 6) is 0.602. The Morgan fingerprint density at radius 2 is 2.12 bits per heavy atom. The van der Waals surface area contributed by atoms with E-state index in [9.17, 15) is 5.11 Å². The molecule has 0 aliphatic heterocycles. The molecule has 1 aliphatic carbocycles. The monoisotopic (exact) mass is 222 g/mol. The van der Waals surface area contributed by atoms with Gasteiger partial charge in [-0.25, -0.2) is 0 Å². The minimum Gasteiger partial charge on any atom is -0.395 e. The largest absolute Gasteiger partial charge is 0.395 e. The molecule has 0 saturated heterocycles. The van der Waals surface area contributed by atoms with Gasteiger partial charge < -0.3 is 5.11 Å². The average molecular weight is 222 g/mol. The van der Waals surface area contributed by atoms with Crippen LogP contribution in [0.3, 0.4) is 0 Å². The molecular weight excluding hydrogens is 200 g/mol. The number of aromatic nitrogens is 2. The molecule has 0 aromatic carbocycles. The molecule has 1 unspecified atom stereocenters. The smallest absolute Gasteiger partial charge is 0.0714 e. The fourth-order valence-corrected chi connectivity index (χ4v) is 2.59. The van der Waals surface area contributed by atoms with Crippen LogP contribution in [0, 0.1) is 11.3 Å². The number of rotatable bonds is 4. The maximum Gasteiger partial charge on any atom is 0.0714 e. The quantitative estimate of drug-likeness (QED) is 0.848. The highest BCUT2D eigenvalue weighted by Gasteiger charge is 2.63. The topological polar surface area (TPSA) is 38.0 Å². The molecule has 0 bridgehead atoms. The zero-order valence-electron chi connectivity index (χ0n) is 10.7. The van der Waals surface area contributed by atoms with Gasteiger partial charge in [0.15, 0.2) is 0 Å². The van der Waals surface area contributed by atoms with Crippen LogP contribution in [0.5, 0.6) is 0 Å². The SMILES string of the molecule is CC(C)Cn1ccc(C2(CO)CC2(C)C)n1. The van der Waals surface area contributed by atoms with Gasteiger partial charge >= 0.3 is 0 Å². The molecule has 1 heterocycles. The van der Waals surface area contributed by atoms with Gasteiger partial charge in [0.25, 0.3) is 0 Å². The molecule has 1 aromatic rings. The van der Waals surface area contributed by atoms with Crippen molar-refractivity contribution in [3.8, 4) is 0 Å². The summed E-state index contributed by atoms with van der Waals surface area (Å²) in [5, 5.41) is 14.2. The Balaban J connectivity index is 2.19. The van der Waals surface area contributed by atoms with Gasteiger partial charge in [-0.1, -0.05) is 27.7 Å². The van der Waals surface area contributed by atoms with E-state index in [4.69, 9.17) is 0 Å². The molecular formula is C13H22N2O. The first-order valence-electron chi connectivity index (χ1n) is 6.06. The summed E-state index contributed by atoms with van der Waals surface area (Å²) in [6.45, 7) is 9.92. The Labute approximate surface area is 97.5 Å². The van der Waals surface area contributed by atoms with Gasteiger partial charge in [0.1, 0.15) is 0 Å². The van der Waals surface area contributed by atoms with Crippen molar-refractivity contribution in [2.24, 2.45) is 11.3 Å². The summed E-state index contributed by atoms with van der Waals surface area (Å²) in [6.07, 6.45) is 3.07. The lowest BCUT2D eigenvalue weighted by Gasteiger charge is -2.15.